The maximum absolute atomic E-state index is 4.99. The summed E-state index contributed by atoms with van der Waals surface area (Å²) in [6.45, 7) is 1.12. The van der Waals surface area contributed by atoms with Crippen molar-refractivity contribution in [3.8, 4) is 0 Å². The first-order valence-electron chi connectivity index (χ1n) is 2.26. The van der Waals surface area contributed by atoms with E-state index in [0.717, 1.165) is 0 Å². The van der Waals surface area contributed by atoms with Crippen LogP contribution in [0.1, 0.15) is 0 Å². The SMILES string of the molecule is NNCCN=C(N)N. The zero-order valence-corrected chi connectivity index (χ0v) is 4.59. The van der Waals surface area contributed by atoms with Crippen molar-refractivity contribution in [3.05, 3.63) is 0 Å². The number of hydrogen-bond donors (Lipinski definition) is 4. The van der Waals surface area contributed by atoms with Crippen LogP contribution in [-0.4, -0.2) is 19.0 Å². The van der Waals surface area contributed by atoms with Gasteiger partial charge in [0.1, 0.15) is 0 Å². The van der Waals surface area contributed by atoms with Crippen LogP contribution in [0.15, 0.2) is 4.99 Å². The van der Waals surface area contributed by atoms with Gasteiger partial charge >= 0.3 is 0 Å². The van der Waals surface area contributed by atoms with Gasteiger partial charge in [0.15, 0.2) is 5.96 Å². The predicted octanol–water partition coefficient (Wildman–Crippen LogP) is -2.28. The van der Waals surface area contributed by atoms with Gasteiger partial charge in [0, 0.05) is 6.54 Å². The fourth-order valence-electron chi connectivity index (χ4n) is 0.250. The van der Waals surface area contributed by atoms with E-state index in [1.807, 2.05) is 0 Å². The first-order valence-corrected chi connectivity index (χ1v) is 2.26. The number of hydrazine groups is 1. The second kappa shape index (κ2) is 4.35. The van der Waals surface area contributed by atoms with Gasteiger partial charge in [0.25, 0.3) is 0 Å². The Labute approximate surface area is 47.9 Å². The standard InChI is InChI=1S/C3H11N5/c4-3(5)7-1-2-8-6/h8H,1-2,6H2,(H4,4,5,7). The number of hydrogen-bond acceptors (Lipinski definition) is 3. The van der Waals surface area contributed by atoms with Gasteiger partial charge in [-0.1, -0.05) is 0 Å². The van der Waals surface area contributed by atoms with Crippen molar-refractivity contribution < 1.29 is 0 Å². The maximum Gasteiger partial charge on any atom is 0.185 e. The lowest BCUT2D eigenvalue weighted by Gasteiger charge is -1.91. The molecule has 0 aromatic heterocycles. The van der Waals surface area contributed by atoms with E-state index in [1.54, 1.807) is 0 Å². The monoisotopic (exact) mass is 117 g/mol. The summed E-state index contributed by atoms with van der Waals surface area (Å²) in [6.07, 6.45) is 0. The van der Waals surface area contributed by atoms with E-state index in [-0.39, 0.29) is 5.96 Å². The minimum absolute atomic E-state index is 0.0975. The highest BCUT2D eigenvalue weighted by atomic mass is 15.2. The normalized spacial score (nSPS) is 8.62. The first kappa shape index (κ1) is 7.19. The summed E-state index contributed by atoms with van der Waals surface area (Å²) < 4.78 is 0. The van der Waals surface area contributed by atoms with Gasteiger partial charge in [0.2, 0.25) is 0 Å². The quantitative estimate of drug-likeness (QED) is 0.110. The van der Waals surface area contributed by atoms with Gasteiger partial charge in [-0.2, -0.15) is 0 Å². The van der Waals surface area contributed by atoms with E-state index < -0.39 is 0 Å². The number of nitrogens with two attached hydrogens (primary N) is 3. The summed E-state index contributed by atoms with van der Waals surface area (Å²) in [5, 5.41) is 0. The van der Waals surface area contributed by atoms with Crippen LogP contribution in [0, 0.1) is 0 Å². The van der Waals surface area contributed by atoms with Crippen LogP contribution >= 0.6 is 0 Å². The number of nitrogens with zero attached hydrogens (tertiary/aromatic N) is 1. The molecule has 0 spiro atoms. The van der Waals surface area contributed by atoms with Crippen LogP contribution in [0.25, 0.3) is 0 Å². The minimum Gasteiger partial charge on any atom is -0.370 e. The Kier molecular flexibility index (Phi) is 3.91. The molecule has 0 atom stereocenters. The highest BCUT2D eigenvalue weighted by molar-refractivity contribution is 5.75. The molecule has 0 amide bonds. The fraction of sp³-hybridized carbons (Fsp3) is 0.667. The van der Waals surface area contributed by atoms with Gasteiger partial charge in [-0.3, -0.25) is 16.3 Å². The molecule has 0 heterocycles. The molecule has 0 aromatic carbocycles. The third-order valence-electron chi connectivity index (χ3n) is 0.551. The van der Waals surface area contributed by atoms with Crippen molar-refractivity contribution >= 4 is 5.96 Å². The molecule has 0 aliphatic carbocycles. The second-order valence-electron chi connectivity index (χ2n) is 1.26. The summed E-state index contributed by atoms with van der Waals surface area (Å²) >= 11 is 0. The van der Waals surface area contributed by atoms with Crippen molar-refractivity contribution in [2.75, 3.05) is 13.1 Å². The highest BCUT2D eigenvalue weighted by Gasteiger charge is 1.77. The minimum atomic E-state index is 0.0975. The molecule has 7 N–H and O–H groups in total. The van der Waals surface area contributed by atoms with Crippen LogP contribution in [0.2, 0.25) is 0 Å². The van der Waals surface area contributed by atoms with Gasteiger partial charge in [-0.15, -0.1) is 0 Å². The van der Waals surface area contributed by atoms with Crippen LogP contribution < -0.4 is 22.7 Å². The second-order valence-corrected chi connectivity index (χ2v) is 1.26. The molecule has 48 valence electrons. The Balaban J connectivity index is 3.03. The Morgan fingerprint density at radius 1 is 1.50 bits per heavy atom. The molecule has 0 radical (unpaired) electrons. The van der Waals surface area contributed by atoms with E-state index >= 15 is 0 Å². The van der Waals surface area contributed by atoms with Crippen molar-refractivity contribution in [3.63, 3.8) is 0 Å². The predicted molar refractivity (Wildman–Crippen MR) is 32.9 cm³/mol. The van der Waals surface area contributed by atoms with E-state index in [0.29, 0.717) is 13.1 Å². The highest BCUT2D eigenvalue weighted by Crippen LogP contribution is 1.61. The fourth-order valence-corrected chi connectivity index (χ4v) is 0.250. The zero-order valence-electron chi connectivity index (χ0n) is 4.59. The van der Waals surface area contributed by atoms with Crippen molar-refractivity contribution in [2.45, 2.75) is 0 Å². The average Bonchev–Trinajstić information content (AvgIpc) is 1.66. The molecular formula is C3H11N5. The van der Waals surface area contributed by atoms with E-state index in [4.69, 9.17) is 17.3 Å². The Bertz CT molecular complexity index is 73.7. The topological polar surface area (TPSA) is 102 Å². The molecule has 0 aliphatic heterocycles. The summed E-state index contributed by atoms with van der Waals surface area (Å²) in [4.78, 5) is 3.64. The molecule has 0 bridgehead atoms. The van der Waals surface area contributed by atoms with Gasteiger partial charge < -0.3 is 11.5 Å². The first-order chi connectivity index (χ1) is 3.77. The van der Waals surface area contributed by atoms with Crippen LogP contribution in [0.3, 0.4) is 0 Å². The van der Waals surface area contributed by atoms with Crippen molar-refractivity contribution in [1.82, 2.24) is 5.43 Å². The molecule has 8 heavy (non-hydrogen) atoms. The molecule has 5 heteroatoms. The number of nitrogens with one attached hydrogen (secondary N) is 1. The van der Waals surface area contributed by atoms with Crippen LogP contribution in [0.4, 0.5) is 0 Å². The Hall–Kier alpha value is -0.810. The lowest BCUT2D eigenvalue weighted by molar-refractivity contribution is 0.737. The van der Waals surface area contributed by atoms with E-state index in [1.165, 1.54) is 0 Å². The van der Waals surface area contributed by atoms with Crippen LogP contribution in [0.5, 0.6) is 0 Å². The number of rotatable bonds is 3. The van der Waals surface area contributed by atoms with E-state index in [2.05, 4.69) is 10.4 Å². The Morgan fingerprint density at radius 2 is 2.12 bits per heavy atom. The zero-order chi connectivity index (χ0) is 6.41. The molecule has 0 aliphatic rings. The molecule has 5 nitrogen and oxygen atoms in total. The summed E-state index contributed by atoms with van der Waals surface area (Å²) in [7, 11) is 0. The summed E-state index contributed by atoms with van der Waals surface area (Å²) in [6, 6.07) is 0. The molecule has 0 saturated heterocycles. The lowest BCUT2D eigenvalue weighted by Crippen LogP contribution is -2.28. The third-order valence-corrected chi connectivity index (χ3v) is 0.551. The lowest BCUT2D eigenvalue weighted by atomic mass is 10.7. The molecule has 0 aromatic rings. The third kappa shape index (κ3) is 5.19. The number of guanidine groups is 1. The van der Waals surface area contributed by atoms with Crippen LogP contribution in [-0.2, 0) is 0 Å². The average molecular weight is 117 g/mol. The summed E-state index contributed by atoms with van der Waals surface area (Å²) in [5.41, 5.74) is 12.4. The smallest absolute Gasteiger partial charge is 0.185 e. The van der Waals surface area contributed by atoms with Gasteiger partial charge in [-0.25, -0.2) is 0 Å². The molecule has 0 unspecified atom stereocenters. The summed E-state index contributed by atoms with van der Waals surface area (Å²) in [5.74, 6) is 5.01. The molecule has 0 fully saturated rings. The van der Waals surface area contributed by atoms with Crippen molar-refractivity contribution in [2.24, 2.45) is 22.3 Å². The molecular weight excluding hydrogens is 106 g/mol. The Morgan fingerprint density at radius 3 is 2.50 bits per heavy atom. The van der Waals surface area contributed by atoms with E-state index in [9.17, 15) is 0 Å². The van der Waals surface area contributed by atoms with Crippen molar-refractivity contribution in [1.29, 1.82) is 0 Å². The van der Waals surface area contributed by atoms with Gasteiger partial charge in [-0.05, 0) is 0 Å². The van der Waals surface area contributed by atoms with Gasteiger partial charge in [0.05, 0.1) is 6.54 Å². The molecule has 0 rings (SSSR count). The maximum atomic E-state index is 4.99. The molecule has 0 saturated carbocycles. The largest absolute Gasteiger partial charge is 0.370 e. The number of aliphatic imine (C=N–C) groups is 1.